The first-order chi connectivity index (χ1) is 8.67. The van der Waals surface area contributed by atoms with E-state index in [1.54, 1.807) is 31.0 Å². The van der Waals surface area contributed by atoms with E-state index in [9.17, 15) is 4.79 Å². The second-order valence-corrected chi connectivity index (χ2v) is 3.65. The molecule has 2 aromatic heterocycles. The van der Waals surface area contributed by atoms with Gasteiger partial charge in [-0.15, -0.1) is 0 Å². The van der Waals surface area contributed by atoms with Crippen molar-refractivity contribution in [1.82, 2.24) is 25.1 Å². The van der Waals surface area contributed by atoms with Gasteiger partial charge in [-0.3, -0.25) is 4.79 Å². The smallest absolute Gasteiger partial charge is 0.271 e. The standard InChI is InChI=1S/C11H14N6O/c1-7-9(12-2)14-6-15-10(7)17-5-4-8(16-17)11(18)13-3/h4-6H,1-3H3,(H,13,18)(H,12,14,15). The molecular weight excluding hydrogens is 232 g/mol. The molecule has 0 bridgehead atoms. The molecule has 2 heterocycles. The highest BCUT2D eigenvalue weighted by Gasteiger charge is 2.12. The third-order valence-electron chi connectivity index (χ3n) is 2.56. The lowest BCUT2D eigenvalue weighted by Crippen LogP contribution is -2.18. The van der Waals surface area contributed by atoms with E-state index >= 15 is 0 Å². The zero-order valence-corrected chi connectivity index (χ0v) is 10.4. The largest absolute Gasteiger partial charge is 0.373 e. The SMILES string of the molecule is CNC(=O)c1ccn(-c2ncnc(NC)c2C)n1. The van der Waals surface area contributed by atoms with Gasteiger partial charge in [-0.2, -0.15) is 5.10 Å². The zero-order valence-electron chi connectivity index (χ0n) is 10.4. The number of hydrogen-bond acceptors (Lipinski definition) is 5. The Bertz CT molecular complexity index is 577. The van der Waals surface area contributed by atoms with E-state index in [-0.39, 0.29) is 5.91 Å². The predicted molar refractivity (Wildman–Crippen MR) is 66.8 cm³/mol. The van der Waals surface area contributed by atoms with Crippen LogP contribution in [0.3, 0.4) is 0 Å². The molecule has 1 amide bonds. The van der Waals surface area contributed by atoms with Gasteiger partial charge in [-0.25, -0.2) is 14.6 Å². The van der Waals surface area contributed by atoms with Crippen molar-refractivity contribution < 1.29 is 4.79 Å². The van der Waals surface area contributed by atoms with Gasteiger partial charge in [0.1, 0.15) is 12.1 Å². The maximum Gasteiger partial charge on any atom is 0.271 e. The van der Waals surface area contributed by atoms with Crippen molar-refractivity contribution >= 4 is 11.7 Å². The fourth-order valence-corrected chi connectivity index (χ4v) is 1.61. The number of carbonyl (C=O) groups is 1. The molecule has 0 saturated carbocycles. The third kappa shape index (κ3) is 2.02. The molecule has 94 valence electrons. The minimum atomic E-state index is -0.228. The Balaban J connectivity index is 2.43. The average Bonchev–Trinajstić information content (AvgIpc) is 2.87. The summed E-state index contributed by atoms with van der Waals surface area (Å²) < 4.78 is 1.56. The third-order valence-corrected chi connectivity index (χ3v) is 2.56. The summed E-state index contributed by atoms with van der Waals surface area (Å²) >= 11 is 0. The average molecular weight is 246 g/mol. The summed E-state index contributed by atoms with van der Waals surface area (Å²) in [6, 6.07) is 1.64. The van der Waals surface area contributed by atoms with E-state index in [2.05, 4.69) is 25.7 Å². The van der Waals surface area contributed by atoms with Gasteiger partial charge >= 0.3 is 0 Å². The lowest BCUT2D eigenvalue weighted by atomic mass is 10.3. The number of nitrogens with zero attached hydrogens (tertiary/aromatic N) is 4. The fraction of sp³-hybridized carbons (Fsp3) is 0.273. The number of carbonyl (C=O) groups excluding carboxylic acids is 1. The van der Waals surface area contributed by atoms with Gasteiger partial charge in [0.15, 0.2) is 11.5 Å². The highest BCUT2D eigenvalue weighted by molar-refractivity contribution is 5.91. The van der Waals surface area contributed by atoms with Gasteiger partial charge in [0.25, 0.3) is 5.91 Å². The zero-order chi connectivity index (χ0) is 13.1. The van der Waals surface area contributed by atoms with Crippen molar-refractivity contribution in [3.63, 3.8) is 0 Å². The molecule has 0 spiro atoms. The van der Waals surface area contributed by atoms with Gasteiger partial charge in [-0.1, -0.05) is 0 Å². The van der Waals surface area contributed by atoms with Crippen LogP contribution in [0.2, 0.25) is 0 Å². The van der Waals surface area contributed by atoms with Crippen LogP contribution >= 0.6 is 0 Å². The predicted octanol–water partition coefficient (Wildman–Crippen LogP) is 0.372. The minimum absolute atomic E-state index is 0.228. The van der Waals surface area contributed by atoms with Gasteiger partial charge in [-0.05, 0) is 13.0 Å². The van der Waals surface area contributed by atoms with Crippen LogP contribution in [0, 0.1) is 6.92 Å². The number of anilines is 1. The van der Waals surface area contributed by atoms with Crippen LogP contribution in [-0.2, 0) is 0 Å². The van der Waals surface area contributed by atoms with E-state index < -0.39 is 0 Å². The second kappa shape index (κ2) is 4.82. The number of hydrogen-bond donors (Lipinski definition) is 2. The number of aromatic nitrogens is 4. The Labute approximate surface area is 104 Å². The summed E-state index contributed by atoms with van der Waals surface area (Å²) in [5.41, 5.74) is 1.22. The molecule has 2 N–H and O–H groups in total. The molecule has 0 unspecified atom stereocenters. The fourth-order valence-electron chi connectivity index (χ4n) is 1.61. The quantitative estimate of drug-likeness (QED) is 0.817. The van der Waals surface area contributed by atoms with Crippen LogP contribution in [0.1, 0.15) is 16.1 Å². The van der Waals surface area contributed by atoms with Crippen LogP contribution in [0.5, 0.6) is 0 Å². The van der Waals surface area contributed by atoms with Crippen molar-refractivity contribution in [3.8, 4) is 5.82 Å². The van der Waals surface area contributed by atoms with Crippen LogP contribution in [-0.4, -0.2) is 39.8 Å². The summed E-state index contributed by atoms with van der Waals surface area (Å²) in [6.07, 6.45) is 3.15. The number of nitrogens with one attached hydrogen (secondary N) is 2. The molecule has 0 aliphatic carbocycles. The van der Waals surface area contributed by atoms with Crippen LogP contribution in [0.4, 0.5) is 5.82 Å². The number of rotatable bonds is 3. The first-order valence-electron chi connectivity index (χ1n) is 5.45. The van der Waals surface area contributed by atoms with Crippen LogP contribution in [0.15, 0.2) is 18.6 Å². The molecule has 18 heavy (non-hydrogen) atoms. The molecule has 2 rings (SSSR count). The van der Waals surface area contributed by atoms with E-state index in [4.69, 9.17) is 0 Å². The first kappa shape index (κ1) is 12.0. The Morgan fingerprint density at radius 2 is 2.11 bits per heavy atom. The van der Waals surface area contributed by atoms with Gasteiger partial charge in [0.2, 0.25) is 0 Å². The molecular formula is C11H14N6O. The van der Waals surface area contributed by atoms with Crippen LogP contribution < -0.4 is 10.6 Å². The summed E-state index contributed by atoms with van der Waals surface area (Å²) in [5, 5.41) is 9.67. The molecule has 0 fully saturated rings. The monoisotopic (exact) mass is 246 g/mol. The Hall–Kier alpha value is -2.44. The normalized spacial score (nSPS) is 10.2. The van der Waals surface area contributed by atoms with Crippen molar-refractivity contribution in [2.45, 2.75) is 6.92 Å². The maximum absolute atomic E-state index is 11.4. The molecule has 0 aliphatic heterocycles. The van der Waals surface area contributed by atoms with Gasteiger partial charge in [0, 0.05) is 25.9 Å². The molecule has 2 aromatic rings. The van der Waals surface area contributed by atoms with Crippen molar-refractivity contribution in [1.29, 1.82) is 0 Å². The molecule has 0 atom stereocenters. The van der Waals surface area contributed by atoms with Crippen molar-refractivity contribution in [2.75, 3.05) is 19.4 Å². The Kier molecular flexibility index (Phi) is 3.22. The van der Waals surface area contributed by atoms with Crippen LogP contribution in [0.25, 0.3) is 5.82 Å². The van der Waals surface area contributed by atoms with Crippen molar-refractivity contribution in [3.05, 3.63) is 29.8 Å². The van der Waals surface area contributed by atoms with E-state index in [0.717, 1.165) is 11.4 Å². The second-order valence-electron chi connectivity index (χ2n) is 3.65. The van der Waals surface area contributed by atoms with Crippen molar-refractivity contribution in [2.24, 2.45) is 0 Å². The molecule has 7 heteroatoms. The first-order valence-corrected chi connectivity index (χ1v) is 5.45. The maximum atomic E-state index is 11.4. The summed E-state index contributed by atoms with van der Waals surface area (Å²) in [5.74, 6) is 1.15. The molecule has 0 aliphatic rings. The van der Waals surface area contributed by atoms with E-state index in [0.29, 0.717) is 11.5 Å². The van der Waals surface area contributed by atoms with Gasteiger partial charge in [0.05, 0.1) is 0 Å². The molecule has 7 nitrogen and oxygen atoms in total. The topological polar surface area (TPSA) is 84.7 Å². The number of amides is 1. The molecule has 0 saturated heterocycles. The van der Waals surface area contributed by atoms with Gasteiger partial charge < -0.3 is 10.6 Å². The summed E-state index contributed by atoms with van der Waals surface area (Å²) in [6.45, 7) is 1.89. The minimum Gasteiger partial charge on any atom is -0.373 e. The molecule has 0 radical (unpaired) electrons. The highest BCUT2D eigenvalue weighted by atomic mass is 16.1. The Morgan fingerprint density at radius 3 is 2.78 bits per heavy atom. The highest BCUT2D eigenvalue weighted by Crippen LogP contribution is 2.16. The lowest BCUT2D eigenvalue weighted by molar-refractivity contribution is 0.0957. The van der Waals surface area contributed by atoms with E-state index in [1.807, 2.05) is 6.92 Å². The molecule has 0 aromatic carbocycles. The lowest BCUT2D eigenvalue weighted by Gasteiger charge is -2.08. The summed E-state index contributed by atoms with van der Waals surface area (Å²) in [4.78, 5) is 19.7. The van der Waals surface area contributed by atoms with E-state index in [1.165, 1.54) is 6.33 Å². The Morgan fingerprint density at radius 1 is 1.33 bits per heavy atom. The summed E-state index contributed by atoms with van der Waals surface area (Å²) in [7, 11) is 3.36.